The minimum atomic E-state index is -0.140. The fourth-order valence-corrected chi connectivity index (χ4v) is 4.63. The highest BCUT2D eigenvalue weighted by Crippen LogP contribution is 2.42. The summed E-state index contributed by atoms with van der Waals surface area (Å²) in [5.74, 6) is 0.302. The van der Waals surface area contributed by atoms with Crippen LogP contribution in [0.2, 0.25) is 5.02 Å². The van der Waals surface area contributed by atoms with Gasteiger partial charge in [0.05, 0.1) is 18.2 Å². The number of nitrogens with zero attached hydrogens (tertiary/aromatic N) is 3. The number of halogens is 1. The van der Waals surface area contributed by atoms with E-state index in [1.807, 2.05) is 24.3 Å². The summed E-state index contributed by atoms with van der Waals surface area (Å²) < 4.78 is 11.5. The molecule has 3 N–H and O–H groups in total. The van der Waals surface area contributed by atoms with Crippen molar-refractivity contribution in [2.45, 2.75) is 33.0 Å². The molecule has 2 heterocycles. The van der Waals surface area contributed by atoms with Crippen molar-refractivity contribution in [3.05, 3.63) is 63.7 Å². The number of aromatic nitrogens is 3. The van der Waals surface area contributed by atoms with E-state index >= 15 is 0 Å². The number of allylic oxidation sites excluding steroid dienone is 1. The molecule has 5 rings (SSSR count). The molecule has 33 heavy (non-hydrogen) atoms. The van der Waals surface area contributed by atoms with Crippen LogP contribution in [-0.2, 0) is 29.2 Å². The van der Waals surface area contributed by atoms with E-state index < -0.39 is 0 Å². The second kappa shape index (κ2) is 8.80. The summed E-state index contributed by atoms with van der Waals surface area (Å²) in [6, 6.07) is 9.38. The Morgan fingerprint density at radius 1 is 1.21 bits per heavy atom. The Morgan fingerprint density at radius 3 is 2.94 bits per heavy atom. The zero-order valence-corrected chi connectivity index (χ0v) is 18.8. The first kappa shape index (κ1) is 21.4. The Labute approximate surface area is 195 Å². The van der Waals surface area contributed by atoms with Crippen molar-refractivity contribution >= 4 is 34.7 Å². The minimum absolute atomic E-state index is 0.0536. The highest BCUT2D eigenvalue weighted by Gasteiger charge is 2.27. The number of amides is 1. The smallest absolute Gasteiger partial charge is 0.322 e. The average Bonchev–Trinajstić information content (AvgIpc) is 2.77. The van der Waals surface area contributed by atoms with Crippen molar-refractivity contribution in [2.75, 3.05) is 17.7 Å². The number of rotatable bonds is 5. The highest BCUT2D eigenvalue weighted by molar-refractivity contribution is 6.33. The third-order valence-electron chi connectivity index (χ3n) is 5.56. The van der Waals surface area contributed by atoms with Gasteiger partial charge in [0.15, 0.2) is 5.82 Å². The second-order valence-electron chi connectivity index (χ2n) is 7.98. The minimum Gasteiger partial charge on any atom is -0.458 e. The average molecular weight is 464 g/mol. The number of hydrogen-bond donors (Lipinski definition) is 2. The van der Waals surface area contributed by atoms with Gasteiger partial charge in [0.1, 0.15) is 6.61 Å². The SMILES string of the molecule is CC(=O)Nc1cccc(COc2nc(N)nc(-c3c(Cl)cc4c5c3CCC=C5COC4)n2)c1. The van der Waals surface area contributed by atoms with Crippen LogP contribution in [0.3, 0.4) is 0 Å². The molecule has 0 fully saturated rings. The van der Waals surface area contributed by atoms with Crippen LogP contribution >= 0.6 is 11.6 Å². The van der Waals surface area contributed by atoms with Gasteiger partial charge in [-0.3, -0.25) is 4.79 Å². The second-order valence-corrected chi connectivity index (χ2v) is 8.38. The van der Waals surface area contributed by atoms with E-state index in [2.05, 4.69) is 26.3 Å². The summed E-state index contributed by atoms with van der Waals surface area (Å²) in [7, 11) is 0. The number of ether oxygens (including phenoxy) is 2. The first-order chi connectivity index (χ1) is 16.0. The maximum Gasteiger partial charge on any atom is 0.322 e. The van der Waals surface area contributed by atoms with Gasteiger partial charge in [0.25, 0.3) is 0 Å². The number of carbonyl (C=O) groups is 1. The molecule has 2 aliphatic rings. The molecule has 0 unspecified atom stereocenters. The summed E-state index contributed by atoms with van der Waals surface area (Å²) in [4.78, 5) is 24.3. The van der Waals surface area contributed by atoms with Crippen molar-refractivity contribution in [3.63, 3.8) is 0 Å². The molecule has 3 aromatic rings. The van der Waals surface area contributed by atoms with E-state index in [4.69, 9.17) is 26.8 Å². The van der Waals surface area contributed by atoms with Gasteiger partial charge in [-0.2, -0.15) is 15.0 Å². The molecule has 1 aromatic heterocycles. The van der Waals surface area contributed by atoms with Crippen LogP contribution in [0.25, 0.3) is 17.0 Å². The van der Waals surface area contributed by atoms with Crippen molar-refractivity contribution in [3.8, 4) is 17.4 Å². The number of anilines is 2. The Hall–Kier alpha value is -3.49. The van der Waals surface area contributed by atoms with Crippen LogP contribution < -0.4 is 15.8 Å². The van der Waals surface area contributed by atoms with Gasteiger partial charge >= 0.3 is 6.01 Å². The maximum absolute atomic E-state index is 11.3. The summed E-state index contributed by atoms with van der Waals surface area (Å²) in [5.41, 5.74) is 12.8. The number of nitrogen functional groups attached to an aromatic ring is 1. The molecule has 0 radical (unpaired) electrons. The highest BCUT2D eigenvalue weighted by atomic mass is 35.5. The lowest BCUT2D eigenvalue weighted by Crippen LogP contribution is -2.16. The Balaban J connectivity index is 1.47. The molecule has 168 valence electrons. The quantitative estimate of drug-likeness (QED) is 0.583. The van der Waals surface area contributed by atoms with Crippen LogP contribution in [0.5, 0.6) is 6.01 Å². The molecule has 8 nitrogen and oxygen atoms in total. The molecule has 9 heteroatoms. The summed E-state index contributed by atoms with van der Waals surface area (Å²) in [6.07, 6.45) is 3.94. The Bertz CT molecular complexity index is 1290. The van der Waals surface area contributed by atoms with Crippen LogP contribution in [0.15, 0.2) is 36.4 Å². The van der Waals surface area contributed by atoms with Crippen molar-refractivity contribution < 1.29 is 14.3 Å². The van der Waals surface area contributed by atoms with Gasteiger partial charge in [-0.25, -0.2) is 0 Å². The van der Waals surface area contributed by atoms with Gasteiger partial charge < -0.3 is 20.5 Å². The predicted octanol–water partition coefficient (Wildman–Crippen LogP) is 4.17. The summed E-state index contributed by atoms with van der Waals surface area (Å²) >= 11 is 6.70. The monoisotopic (exact) mass is 463 g/mol. The molecule has 0 saturated heterocycles. The first-order valence-corrected chi connectivity index (χ1v) is 11.0. The number of nitrogens with one attached hydrogen (secondary N) is 1. The van der Waals surface area contributed by atoms with Gasteiger partial charge in [0, 0.05) is 18.2 Å². The van der Waals surface area contributed by atoms with Gasteiger partial charge in [0.2, 0.25) is 11.9 Å². The molecular formula is C24H22ClN5O3. The van der Waals surface area contributed by atoms with E-state index in [1.165, 1.54) is 18.1 Å². The zero-order chi connectivity index (χ0) is 22.9. The standard InChI is InChI=1S/C24H22ClN5O3/c1-13(31)27-17-6-2-4-14(8-17)10-33-24-29-22(28-23(26)30-24)21-18-7-3-5-15-11-32-12-16(20(15)18)9-19(21)25/h2,4-6,8-9H,3,7,10-12H2,1H3,(H,27,31)(H2,26,28,29,30). The molecule has 1 aliphatic heterocycles. The van der Waals surface area contributed by atoms with Crippen LogP contribution in [0.1, 0.15) is 35.6 Å². The van der Waals surface area contributed by atoms with Crippen molar-refractivity contribution in [1.82, 2.24) is 15.0 Å². The third kappa shape index (κ3) is 4.40. The molecular weight excluding hydrogens is 442 g/mol. The molecule has 0 bridgehead atoms. The fourth-order valence-electron chi connectivity index (χ4n) is 4.30. The zero-order valence-electron chi connectivity index (χ0n) is 18.0. The molecule has 2 aromatic carbocycles. The first-order valence-electron chi connectivity index (χ1n) is 10.6. The van der Waals surface area contributed by atoms with Crippen molar-refractivity contribution in [2.24, 2.45) is 0 Å². The number of hydrogen-bond acceptors (Lipinski definition) is 7. The van der Waals surface area contributed by atoms with Gasteiger partial charge in [-0.1, -0.05) is 29.8 Å². The maximum atomic E-state index is 11.3. The van der Waals surface area contributed by atoms with Crippen LogP contribution in [-0.4, -0.2) is 27.5 Å². The Morgan fingerprint density at radius 2 is 2.09 bits per heavy atom. The topological polar surface area (TPSA) is 112 Å². The predicted molar refractivity (Wildman–Crippen MR) is 126 cm³/mol. The number of nitrogens with two attached hydrogens (primary N) is 1. The van der Waals surface area contributed by atoms with Gasteiger partial charge in [-0.05, 0) is 58.9 Å². The lowest BCUT2D eigenvalue weighted by Gasteiger charge is -2.28. The lowest BCUT2D eigenvalue weighted by atomic mass is 9.83. The van der Waals surface area contributed by atoms with Crippen molar-refractivity contribution in [1.29, 1.82) is 0 Å². The molecule has 1 amide bonds. The molecule has 0 spiro atoms. The van der Waals surface area contributed by atoms with E-state index in [1.54, 1.807) is 6.07 Å². The molecule has 0 saturated carbocycles. The summed E-state index contributed by atoms with van der Waals surface area (Å²) in [5, 5.41) is 3.30. The van der Waals surface area contributed by atoms with Crippen LogP contribution in [0, 0.1) is 0 Å². The third-order valence-corrected chi connectivity index (χ3v) is 5.85. The molecule has 1 aliphatic carbocycles. The lowest BCUT2D eigenvalue weighted by molar-refractivity contribution is -0.114. The largest absolute Gasteiger partial charge is 0.458 e. The summed E-state index contributed by atoms with van der Waals surface area (Å²) in [6.45, 7) is 2.78. The number of carbonyl (C=O) groups excluding carboxylic acids is 1. The number of benzene rings is 2. The molecule has 0 atom stereocenters. The fraction of sp³-hybridized carbons (Fsp3) is 0.250. The van der Waals surface area contributed by atoms with E-state index in [0.717, 1.165) is 35.1 Å². The van der Waals surface area contributed by atoms with Crippen LogP contribution in [0.4, 0.5) is 11.6 Å². The Kier molecular flexibility index (Phi) is 5.70. The normalized spacial score (nSPS) is 14.3. The van der Waals surface area contributed by atoms with E-state index in [-0.39, 0.29) is 24.5 Å². The van der Waals surface area contributed by atoms with Gasteiger partial charge in [-0.15, -0.1) is 0 Å². The van der Waals surface area contributed by atoms with E-state index in [9.17, 15) is 4.79 Å². The van der Waals surface area contributed by atoms with E-state index in [0.29, 0.717) is 29.7 Å².